The maximum atomic E-state index is 11.6. The summed E-state index contributed by atoms with van der Waals surface area (Å²) in [5.74, 6) is -0.0361. The van der Waals surface area contributed by atoms with Gasteiger partial charge in [0, 0.05) is 4.88 Å². The maximum absolute atomic E-state index is 11.6. The molecule has 2 aromatic rings. The van der Waals surface area contributed by atoms with Gasteiger partial charge in [0.05, 0.1) is 12.1 Å². The Hall–Kier alpha value is -1.81. The number of thiophene rings is 1. The monoisotopic (exact) mass is 233 g/mol. The summed E-state index contributed by atoms with van der Waals surface area (Å²) < 4.78 is 0. The molecule has 1 aromatic heterocycles. The van der Waals surface area contributed by atoms with Gasteiger partial charge in [0.2, 0.25) is 5.91 Å². The fourth-order valence-corrected chi connectivity index (χ4v) is 2.05. The average molecular weight is 233 g/mol. The van der Waals surface area contributed by atoms with E-state index in [9.17, 15) is 9.90 Å². The summed E-state index contributed by atoms with van der Waals surface area (Å²) in [4.78, 5) is 12.6. The first-order valence-electron chi connectivity index (χ1n) is 4.86. The van der Waals surface area contributed by atoms with Gasteiger partial charge >= 0.3 is 0 Å². The molecule has 4 heteroatoms. The first kappa shape index (κ1) is 10.7. The Kier molecular flexibility index (Phi) is 3.22. The molecular weight excluding hydrogens is 222 g/mol. The summed E-state index contributed by atoms with van der Waals surface area (Å²) in [7, 11) is 0. The number of carbonyl (C=O) groups excluding carboxylic acids is 1. The Bertz CT molecular complexity index is 480. The number of hydrogen-bond acceptors (Lipinski definition) is 3. The second-order valence-corrected chi connectivity index (χ2v) is 4.35. The lowest BCUT2D eigenvalue weighted by molar-refractivity contribution is -0.115. The van der Waals surface area contributed by atoms with Gasteiger partial charge in [0.1, 0.15) is 5.75 Å². The van der Waals surface area contributed by atoms with Crippen LogP contribution < -0.4 is 5.32 Å². The predicted molar refractivity (Wildman–Crippen MR) is 64.8 cm³/mol. The molecule has 0 aliphatic rings. The number of phenolic OH excluding ortho intramolecular Hbond substituents is 1. The number of phenols is 1. The van der Waals surface area contributed by atoms with Crippen molar-refractivity contribution in [1.82, 2.24) is 0 Å². The third-order valence-corrected chi connectivity index (χ3v) is 2.97. The molecule has 0 saturated heterocycles. The Balaban J connectivity index is 2.00. The number of carbonyl (C=O) groups is 1. The zero-order chi connectivity index (χ0) is 11.4. The van der Waals surface area contributed by atoms with E-state index in [0.29, 0.717) is 12.1 Å². The lowest BCUT2D eigenvalue weighted by atomic mass is 10.2. The van der Waals surface area contributed by atoms with Crippen LogP contribution in [0.25, 0.3) is 0 Å². The molecule has 1 heterocycles. The molecule has 0 fully saturated rings. The quantitative estimate of drug-likeness (QED) is 0.801. The molecule has 0 radical (unpaired) electrons. The third-order valence-electron chi connectivity index (χ3n) is 2.09. The SMILES string of the molecule is O=C(Cc1cccs1)Nc1ccccc1O. The zero-order valence-electron chi connectivity index (χ0n) is 8.51. The van der Waals surface area contributed by atoms with Crippen molar-refractivity contribution in [2.45, 2.75) is 6.42 Å². The van der Waals surface area contributed by atoms with Crippen molar-refractivity contribution >= 4 is 22.9 Å². The molecule has 0 aliphatic heterocycles. The molecule has 1 amide bonds. The van der Waals surface area contributed by atoms with Crippen LogP contribution in [0.1, 0.15) is 4.88 Å². The minimum Gasteiger partial charge on any atom is -0.506 e. The number of rotatable bonds is 3. The van der Waals surface area contributed by atoms with E-state index >= 15 is 0 Å². The lowest BCUT2D eigenvalue weighted by Crippen LogP contribution is -2.13. The zero-order valence-corrected chi connectivity index (χ0v) is 9.33. The van der Waals surface area contributed by atoms with Gasteiger partial charge < -0.3 is 10.4 Å². The molecule has 2 N–H and O–H groups in total. The molecule has 0 spiro atoms. The van der Waals surface area contributed by atoms with E-state index in [0.717, 1.165) is 4.88 Å². The molecule has 0 atom stereocenters. The highest BCUT2D eigenvalue weighted by Crippen LogP contribution is 2.21. The maximum Gasteiger partial charge on any atom is 0.229 e. The number of nitrogens with one attached hydrogen (secondary N) is 1. The van der Waals surface area contributed by atoms with Gasteiger partial charge in [-0.2, -0.15) is 0 Å². The van der Waals surface area contributed by atoms with Crippen molar-refractivity contribution in [3.8, 4) is 5.75 Å². The highest BCUT2D eigenvalue weighted by Gasteiger charge is 2.06. The van der Waals surface area contributed by atoms with Crippen LogP contribution in [0.2, 0.25) is 0 Å². The highest BCUT2D eigenvalue weighted by atomic mass is 32.1. The number of para-hydroxylation sites is 2. The van der Waals surface area contributed by atoms with E-state index in [2.05, 4.69) is 5.32 Å². The van der Waals surface area contributed by atoms with Crippen molar-refractivity contribution < 1.29 is 9.90 Å². The van der Waals surface area contributed by atoms with Crippen molar-refractivity contribution in [2.75, 3.05) is 5.32 Å². The Morgan fingerprint density at radius 3 is 2.75 bits per heavy atom. The summed E-state index contributed by atoms with van der Waals surface area (Å²) in [5.41, 5.74) is 0.448. The second-order valence-electron chi connectivity index (χ2n) is 3.32. The molecule has 1 aromatic carbocycles. The molecule has 0 unspecified atom stereocenters. The van der Waals surface area contributed by atoms with Crippen molar-refractivity contribution in [3.63, 3.8) is 0 Å². The van der Waals surface area contributed by atoms with Crippen LogP contribution in [0.5, 0.6) is 5.75 Å². The smallest absolute Gasteiger partial charge is 0.229 e. The average Bonchev–Trinajstić information content (AvgIpc) is 2.74. The van der Waals surface area contributed by atoms with Crippen LogP contribution in [-0.4, -0.2) is 11.0 Å². The summed E-state index contributed by atoms with van der Waals surface area (Å²) in [5, 5.41) is 14.1. The Morgan fingerprint density at radius 2 is 2.06 bits per heavy atom. The molecule has 0 saturated carbocycles. The summed E-state index contributed by atoms with van der Waals surface area (Å²) in [6.07, 6.45) is 0.339. The van der Waals surface area contributed by atoms with Crippen LogP contribution >= 0.6 is 11.3 Å². The largest absolute Gasteiger partial charge is 0.506 e. The van der Waals surface area contributed by atoms with E-state index < -0.39 is 0 Å². The third kappa shape index (κ3) is 2.61. The molecule has 2 rings (SSSR count). The summed E-state index contributed by atoms with van der Waals surface area (Å²) in [6, 6.07) is 10.5. The topological polar surface area (TPSA) is 49.3 Å². The van der Waals surface area contributed by atoms with E-state index in [4.69, 9.17) is 0 Å². The number of anilines is 1. The van der Waals surface area contributed by atoms with Crippen LogP contribution in [0, 0.1) is 0 Å². The van der Waals surface area contributed by atoms with Gasteiger partial charge in [-0.05, 0) is 23.6 Å². The van der Waals surface area contributed by atoms with Gasteiger partial charge in [-0.25, -0.2) is 0 Å². The lowest BCUT2D eigenvalue weighted by Gasteiger charge is -2.05. The normalized spacial score (nSPS) is 10.0. The van der Waals surface area contributed by atoms with Gasteiger partial charge in [-0.15, -0.1) is 11.3 Å². The highest BCUT2D eigenvalue weighted by molar-refractivity contribution is 7.10. The van der Waals surface area contributed by atoms with Crippen molar-refractivity contribution in [2.24, 2.45) is 0 Å². The first-order chi connectivity index (χ1) is 7.75. The summed E-state index contributed by atoms with van der Waals surface area (Å²) in [6.45, 7) is 0. The molecule has 16 heavy (non-hydrogen) atoms. The van der Waals surface area contributed by atoms with E-state index in [-0.39, 0.29) is 11.7 Å². The number of aromatic hydroxyl groups is 1. The molecule has 82 valence electrons. The number of benzene rings is 1. The number of amides is 1. The Morgan fingerprint density at radius 1 is 1.25 bits per heavy atom. The van der Waals surface area contributed by atoms with Gasteiger partial charge in [-0.3, -0.25) is 4.79 Å². The van der Waals surface area contributed by atoms with E-state index in [1.165, 1.54) is 0 Å². The van der Waals surface area contributed by atoms with Crippen molar-refractivity contribution in [3.05, 3.63) is 46.7 Å². The molecule has 0 bridgehead atoms. The molecular formula is C12H11NO2S. The van der Waals surface area contributed by atoms with Crippen LogP contribution in [0.3, 0.4) is 0 Å². The summed E-state index contributed by atoms with van der Waals surface area (Å²) >= 11 is 1.54. The fraction of sp³-hybridized carbons (Fsp3) is 0.0833. The van der Waals surface area contributed by atoms with Crippen LogP contribution in [0.15, 0.2) is 41.8 Å². The van der Waals surface area contributed by atoms with Crippen molar-refractivity contribution in [1.29, 1.82) is 0 Å². The van der Waals surface area contributed by atoms with Gasteiger partial charge in [0.15, 0.2) is 0 Å². The minimum atomic E-state index is -0.121. The van der Waals surface area contributed by atoms with Crippen LogP contribution in [0.4, 0.5) is 5.69 Å². The molecule has 0 aliphatic carbocycles. The van der Waals surface area contributed by atoms with Crippen LogP contribution in [-0.2, 0) is 11.2 Å². The molecule has 3 nitrogen and oxygen atoms in total. The standard InChI is InChI=1S/C12H11NO2S/c14-11-6-2-1-5-10(11)13-12(15)8-9-4-3-7-16-9/h1-7,14H,8H2,(H,13,15). The van der Waals surface area contributed by atoms with Gasteiger partial charge in [-0.1, -0.05) is 18.2 Å². The predicted octanol–water partition coefficient (Wildman–Crippen LogP) is 2.63. The Labute approximate surface area is 97.4 Å². The van der Waals surface area contributed by atoms with E-state index in [1.54, 1.807) is 35.6 Å². The number of hydrogen-bond donors (Lipinski definition) is 2. The van der Waals surface area contributed by atoms with Gasteiger partial charge in [0.25, 0.3) is 0 Å². The minimum absolute atomic E-state index is 0.0852. The first-order valence-corrected chi connectivity index (χ1v) is 5.74. The van der Waals surface area contributed by atoms with E-state index in [1.807, 2.05) is 17.5 Å². The fourth-order valence-electron chi connectivity index (χ4n) is 1.35. The second kappa shape index (κ2) is 4.81.